The second-order valence-corrected chi connectivity index (χ2v) is 1.12. The third kappa shape index (κ3) is 2.77. The molecule has 1 rings (SSSR count). The third-order valence-electron chi connectivity index (χ3n) is 0.612. The summed E-state index contributed by atoms with van der Waals surface area (Å²) in [4.78, 5) is 3.55. The summed E-state index contributed by atoms with van der Waals surface area (Å²) < 4.78 is 0. The molecular weight excluding hydrogens is 191 g/mol. The molecule has 3 nitrogen and oxygen atoms in total. The predicted molar refractivity (Wildman–Crippen MR) is 27.4 cm³/mol. The molecule has 43 valence electrons. The van der Waals surface area contributed by atoms with Crippen molar-refractivity contribution in [2.45, 2.75) is 0 Å². The standard InChI is InChI=1S/C5H3N3.Y/c1-2-5-3-6-4-7-8-5;/h1-2,4H;/q-2;. The molecule has 1 aromatic rings. The first-order valence-electron chi connectivity index (χ1n) is 2.04. The van der Waals surface area contributed by atoms with Gasteiger partial charge in [0.2, 0.25) is 0 Å². The maximum Gasteiger partial charge on any atom is 0.0333 e. The molecule has 0 N–H and O–H groups in total. The van der Waals surface area contributed by atoms with Gasteiger partial charge in [0.05, 0.1) is 0 Å². The Kier molecular flexibility index (Phi) is 4.63. The number of hydrogen-bond acceptors (Lipinski definition) is 3. The van der Waals surface area contributed by atoms with E-state index in [0.717, 1.165) is 0 Å². The third-order valence-corrected chi connectivity index (χ3v) is 0.612. The van der Waals surface area contributed by atoms with E-state index >= 15 is 0 Å². The van der Waals surface area contributed by atoms with Crippen LogP contribution in [0.3, 0.4) is 0 Å². The molecule has 1 heterocycles. The maximum absolute atomic E-state index is 5.05. The molecule has 0 fully saturated rings. The second-order valence-electron chi connectivity index (χ2n) is 1.12. The molecule has 1 aromatic heterocycles. The zero-order valence-corrected chi connectivity index (χ0v) is 7.49. The van der Waals surface area contributed by atoms with Crippen LogP contribution in [0.15, 0.2) is 6.33 Å². The van der Waals surface area contributed by atoms with Crippen LogP contribution >= 0.6 is 0 Å². The average molecular weight is 194 g/mol. The Morgan fingerprint density at radius 1 is 1.67 bits per heavy atom. The molecule has 0 saturated carbocycles. The van der Waals surface area contributed by atoms with Crippen LogP contribution in [0, 0.1) is 12.8 Å². The summed E-state index contributed by atoms with van der Waals surface area (Å²) in [5, 5.41) is 7.00. The number of nitrogens with zero attached hydrogens (tertiary/aromatic N) is 3. The first-order valence-corrected chi connectivity index (χ1v) is 2.04. The minimum Gasteiger partial charge on any atom is -0.392 e. The molecule has 0 aliphatic carbocycles. The molecule has 1 radical (unpaired) electrons. The van der Waals surface area contributed by atoms with Crippen molar-refractivity contribution in [1.29, 1.82) is 0 Å². The van der Waals surface area contributed by atoms with Gasteiger partial charge in [0.25, 0.3) is 0 Å². The predicted octanol–water partition coefficient (Wildman–Crippen LogP) is 0.115. The van der Waals surface area contributed by atoms with Crippen molar-refractivity contribution >= 4 is 6.08 Å². The van der Waals surface area contributed by atoms with Gasteiger partial charge in [-0.15, -0.1) is 0 Å². The van der Waals surface area contributed by atoms with E-state index in [9.17, 15) is 0 Å². The topological polar surface area (TPSA) is 38.7 Å². The number of rotatable bonds is 1. The summed E-state index contributed by atoms with van der Waals surface area (Å²) in [5.41, 5.74) is 0.465. The first-order chi connectivity index (χ1) is 3.93. The molecule has 0 bridgehead atoms. The van der Waals surface area contributed by atoms with Gasteiger partial charge in [0.15, 0.2) is 0 Å². The Bertz CT molecular complexity index is 175. The van der Waals surface area contributed by atoms with Gasteiger partial charge in [0, 0.05) is 39.0 Å². The van der Waals surface area contributed by atoms with Crippen molar-refractivity contribution in [1.82, 2.24) is 15.2 Å². The minimum atomic E-state index is 0. The largest absolute Gasteiger partial charge is 0.392 e. The Labute approximate surface area is 78.5 Å². The molecule has 0 spiro atoms. The van der Waals surface area contributed by atoms with Crippen LogP contribution < -0.4 is 0 Å². The van der Waals surface area contributed by atoms with Crippen molar-refractivity contribution < 1.29 is 32.7 Å². The molecule has 4 heteroatoms. The maximum atomic E-state index is 5.05. The van der Waals surface area contributed by atoms with E-state index in [1.807, 2.05) is 0 Å². The molecule has 0 aliphatic rings. The van der Waals surface area contributed by atoms with E-state index in [2.05, 4.69) is 21.4 Å². The zero-order chi connectivity index (χ0) is 5.82. The monoisotopic (exact) mass is 194 g/mol. The molecule has 0 aromatic carbocycles. The van der Waals surface area contributed by atoms with Gasteiger partial charge in [0.1, 0.15) is 0 Å². The van der Waals surface area contributed by atoms with Crippen molar-refractivity contribution in [3.63, 3.8) is 0 Å². The smallest absolute Gasteiger partial charge is 0.0333 e. The van der Waals surface area contributed by atoms with Crippen molar-refractivity contribution in [2.75, 3.05) is 0 Å². The van der Waals surface area contributed by atoms with Gasteiger partial charge in [-0.2, -0.15) is 11.9 Å². The van der Waals surface area contributed by atoms with E-state index in [1.54, 1.807) is 0 Å². The van der Waals surface area contributed by atoms with Gasteiger partial charge in [-0.1, -0.05) is 0 Å². The Hall–Kier alpha value is -0.146. The van der Waals surface area contributed by atoms with Crippen LogP contribution in [0.1, 0.15) is 5.69 Å². The van der Waals surface area contributed by atoms with Crippen molar-refractivity contribution in [3.05, 3.63) is 24.8 Å². The Morgan fingerprint density at radius 3 is 2.78 bits per heavy atom. The summed E-state index contributed by atoms with van der Waals surface area (Å²) >= 11 is 0. The molecule has 0 amide bonds. The fourth-order valence-corrected chi connectivity index (χ4v) is 0.302. The molecule has 0 aliphatic heterocycles. The van der Waals surface area contributed by atoms with Gasteiger partial charge in [-0.3, -0.25) is 5.10 Å². The van der Waals surface area contributed by atoms with E-state index in [0.29, 0.717) is 5.69 Å². The van der Waals surface area contributed by atoms with Crippen LogP contribution in [0.4, 0.5) is 0 Å². The number of aromatic nitrogens is 3. The van der Waals surface area contributed by atoms with Gasteiger partial charge >= 0.3 is 0 Å². The molecule has 0 saturated heterocycles. The van der Waals surface area contributed by atoms with Gasteiger partial charge in [-0.25, -0.2) is 5.10 Å². The van der Waals surface area contributed by atoms with E-state index in [1.165, 1.54) is 12.4 Å². The molecular formula is C5H3N3Y-2. The van der Waals surface area contributed by atoms with Crippen molar-refractivity contribution in [3.8, 4) is 0 Å². The summed E-state index contributed by atoms with van der Waals surface area (Å²) in [6.07, 6.45) is 5.10. The van der Waals surface area contributed by atoms with Crippen LogP contribution in [0.2, 0.25) is 0 Å². The Balaban J connectivity index is 0.000000640. The summed E-state index contributed by atoms with van der Waals surface area (Å²) in [7, 11) is 0. The van der Waals surface area contributed by atoms with E-state index < -0.39 is 0 Å². The second kappa shape index (κ2) is 4.71. The van der Waals surface area contributed by atoms with Crippen molar-refractivity contribution in [2.24, 2.45) is 0 Å². The van der Waals surface area contributed by atoms with Gasteiger partial charge < -0.3 is 17.6 Å². The Morgan fingerprint density at radius 2 is 2.44 bits per heavy atom. The summed E-state index contributed by atoms with van der Waals surface area (Å²) in [6.45, 7) is 5.05. The first kappa shape index (κ1) is 8.85. The van der Waals surface area contributed by atoms with Gasteiger partial charge in [-0.05, 0) is 0 Å². The zero-order valence-electron chi connectivity index (χ0n) is 4.65. The number of hydrogen-bond donors (Lipinski definition) is 0. The molecule has 0 atom stereocenters. The molecule has 9 heavy (non-hydrogen) atoms. The summed E-state index contributed by atoms with van der Waals surface area (Å²) in [6, 6.07) is 0. The normalized spacial score (nSPS) is 7.56. The summed E-state index contributed by atoms with van der Waals surface area (Å²) in [5.74, 6) is 0. The average Bonchev–Trinajstić information content (AvgIpc) is 1.90. The van der Waals surface area contributed by atoms with Crippen LogP contribution in [0.5, 0.6) is 0 Å². The minimum absolute atomic E-state index is 0. The fourth-order valence-electron chi connectivity index (χ4n) is 0.302. The fraction of sp³-hybridized carbons (Fsp3) is 0. The van der Waals surface area contributed by atoms with E-state index in [4.69, 9.17) is 6.58 Å². The van der Waals surface area contributed by atoms with Crippen LogP contribution in [-0.2, 0) is 32.7 Å². The van der Waals surface area contributed by atoms with Crippen LogP contribution in [0.25, 0.3) is 6.08 Å². The quantitative estimate of drug-likeness (QED) is 0.595. The molecule has 0 unspecified atom stereocenters. The SMILES string of the molecule is [CH-]=Cc1[c-]ncnn1.[Y]. The van der Waals surface area contributed by atoms with E-state index in [-0.39, 0.29) is 32.7 Å². The van der Waals surface area contributed by atoms with Crippen LogP contribution in [-0.4, -0.2) is 15.2 Å².